The minimum Gasteiger partial charge on any atom is -0.310 e. The zero-order valence-electron chi connectivity index (χ0n) is 23.7. The summed E-state index contributed by atoms with van der Waals surface area (Å²) < 4.78 is 0. The van der Waals surface area contributed by atoms with Crippen molar-refractivity contribution in [1.82, 2.24) is 0 Å². The Morgan fingerprint density at radius 2 is 0.881 bits per heavy atom. The van der Waals surface area contributed by atoms with Gasteiger partial charge < -0.3 is 4.90 Å². The molecule has 1 nitrogen and oxygen atoms in total. The summed E-state index contributed by atoms with van der Waals surface area (Å²) in [6.07, 6.45) is 0. The molecule has 0 amide bonds. The van der Waals surface area contributed by atoms with Gasteiger partial charge in [-0.2, -0.15) is 0 Å². The molecule has 0 atom stereocenters. The summed E-state index contributed by atoms with van der Waals surface area (Å²) in [7, 11) is 0. The molecule has 0 bridgehead atoms. The molecular weight excluding hydrogens is 530 g/mol. The molecule has 2 heteroatoms. The number of rotatable bonds is 3. The molecular formula is C40H30ClN. The molecule has 0 unspecified atom stereocenters. The van der Waals surface area contributed by atoms with Crippen molar-refractivity contribution in [3.8, 4) is 11.1 Å². The number of anilines is 3. The van der Waals surface area contributed by atoms with Crippen LogP contribution in [-0.2, 0) is 10.8 Å². The summed E-state index contributed by atoms with van der Waals surface area (Å²) >= 11 is 6.81. The number of benzene rings is 6. The third-order valence-corrected chi connectivity index (χ3v) is 9.61. The first kappa shape index (κ1) is 25.1. The fourth-order valence-corrected chi connectivity index (χ4v) is 7.78. The normalized spacial score (nSPS) is 14.9. The molecule has 0 aliphatic heterocycles. The molecule has 2 aliphatic rings. The van der Waals surface area contributed by atoms with Gasteiger partial charge in [0.2, 0.25) is 0 Å². The van der Waals surface area contributed by atoms with Gasteiger partial charge in [0.1, 0.15) is 0 Å². The lowest BCUT2D eigenvalue weighted by atomic mass is 9.55. The summed E-state index contributed by atoms with van der Waals surface area (Å²) in [5.74, 6) is 0. The van der Waals surface area contributed by atoms with Crippen LogP contribution in [0.15, 0.2) is 146 Å². The Hall–Kier alpha value is -4.59. The average molecular weight is 560 g/mol. The van der Waals surface area contributed by atoms with Crippen LogP contribution in [0.1, 0.15) is 47.2 Å². The van der Waals surface area contributed by atoms with Crippen LogP contribution in [0.4, 0.5) is 17.1 Å². The van der Waals surface area contributed by atoms with E-state index in [1.807, 2.05) is 6.07 Å². The summed E-state index contributed by atoms with van der Waals surface area (Å²) in [6, 6.07) is 52.8. The maximum Gasteiger partial charge on any atom is 0.0720 e. The van der Waals surface area contributed by atoms with E-state index in [4.69, 9.17) is 11.6 Å². The molecule has 0 fully saturated rings. The second-order valence-corrected chi connectivity index (χ2v) is 12.3. The molecule has 0 heterocycles. The fraction of sp³-hybridized carbons (Fsp3) is 0.100. The van der Waals surface area contributed by atoms with Gasteiger partial charge in [0.05, 0.1) is 5.41 Å². The van der Waals surface area contributed by atoms with Crippen molar-refractivity contribution in [3.05, 3.63) is 184 Å². The van der Waals surface area contributed by atoms with Crippen LogP contribution in [0, 0.1) is 0 Å². The largest absolute Gasteiger partial charge is 0.310 e. The summed E-state index contributed by atoms with van der Waals surface area (Å²) in [6.45, 7) is 4.71. The number of hydrogen-bond acceptors (Lipinski definition) is 1. The van der Waals surface area contributed by atoms with E-state index < -0.39 is 5.41 Å². The van der Waals surface area contributed by atoms with Crippen molar-refractivity contribution < 1.29 is 0 Å². The number of nitrogens with zero attached hydrogens (tertiary/aromatic N) is 1. The Kier molecular flexibility index (Phi) is 5.51. The van der Waals surface area contributed by atoms with Crippen LogP contribution in [0.25, 0.3) is 11.1 Å². The standard InChI is InChI=1S/C40H30ClN/c1-39(2)33-17-9-11-19-35(33)40(36-20-12-10-18-34(36)39)37-25-27(41)21-23-31(37)32-24-22-30(26-38(32)40)42(28-13-5-3-6-14-28)29-15-7-4-8-16-29/h3-26H,1-2H3. The molecule has 202 valence electrons. The van der Waals surface area contributed by atoms with Gasteiger partial charge in [-0.3, -0.25) is 0 Å². The lowest BCUT2D eigenvalue weighted by molar-refractivity contribution is 0.563. The van der Waals surface area contributed by atoms with Gasteiger partial charge >= 0.3 is 0 Å². The van der Waals surface area contributed by atoms with Gasteiger partial charge in [-0.15, -0.1) is 0 Å². The lowest BCUT2D eigenvalue weighted by Crippen LogP contribution is -2.40. The highest BCUT2D eigenvalue weighted by Crippen LogP contribution is 2.63. The quantitative estimate of drug-likeness (QED) is 0.208. The van der Waals surface area contributed by atoms with E-state index in [1.165, 1.54) is 44.5 Å². The highest BCUT2D eigenvalue weighted by Gasteiger charge is 2.53. The molecule has 6 aromatic rings. The van der Waals surface area contributed by atoms with Gasteiger partial charge in [0, 0.05) is 27.5 Å². The van der Waals surface area contributed by atoms with Gasteiger partial charge in [0.15, 0.2) is 0 Å². The summed E-state index contributed by atoms with van der Waals surface area (Å²) in [4.78, 5) is 2.36. The van der Waals surface area contributed by atoms with Crippen LogP contribution >= 0.6 is 11.6 Å². The molecule has 0 saturated carbocycles. The molecule has 0 saturated heterocycles. The van der Waals surface area contributed by atoms with Crippen molar-refractivity contribution in [2.24, 2.45) is 0 Å². The van der Waals surface area contributed by atoms with Crippen LogP contribution in [0.2, 0.25) is 5.02 Å². The molecule has 8 rings (SSSR count). The third kappa shape index (κ3) is 3.38. The second kappa shape index (κ2) is 9.21. The first-order valence-electron chi connectivity index (χ1n) is 14.6. The Morgan fingerprint density at radius 3 is 1.43 bits per heavy atom. The second-order valence-electron chi connectivity index (χ2n) is 11.9. The van der Waals surface area contributed by atoms with Crippen LogP contribution in [-0.4, -0.2) is 0 Å². The van der Waals surface area contributed by atoms with E-state index in [2.05, 4.69) is 158 Å². The molecule has 0 N–H and O–H groups in total. The number of halogens is 1. The van der Waals surface area contributed by atoms with Crippen molar-refractivity contribution in [2.75, 3.05) is 4.90 Å². The minimum atomic E-state index is -0.493. The van der Waals surface area contributed by atoms with Crippen LogP contribution in [0.5, 0.6) is 0 Å². The van der Waals surface area contributed by atoms with Crippen molar-refractivity contribution >= 4 is 28.7 Å². The van der Waals surface area contributed by atoms with E-state index in [9.17, 15) is 0 Å². The van der Waals surface area contributed by atoms with Crippen molar-refractivity contribution in [1.29, 1.82) is 0 Å². The predicted molar refractivity (Wildman–Crippen MR) is 176 cm³/mol. The Balaban J connectivity index is 1.49. The van der Waals surface area contributed by atoms with Gasteiger partial charge in [-0.1, -0.05) is 123 Å². The molecule has 42 heavy (non-hydrogen) atoms. The Morgan fingerprint density at radius 1 is 0.429 bits per heavy atom. The summed E-state index contributed by atoms with van der Waals surface area (Å²) in [5, 5.41) is 0.760. The molecule has 0 aromatic heterocycles. The van der Waals surface area contributed by atoms with Crippen LogP contribution < -0.4 is 4.90 Å². The number of hydrogen-bond donors (Lipinski definition) is 0. The van der Waals surface area contributed by atoms with Crippen molar-refractivity contribution in [3.63, 3.8) is 0 Å². The zero-order chi connectivity index (χ0) is 28.5. The Labute approximate surface area is 252 Å². The van der Waals surface area contributed by atoms with Gasteiger partial charge in [-0.25, -0.2) is 0 Å². The van der Waals surface area contributed by atoms with E-state index in [0.29, 0.717) is 0 Å². The Bertz CT molecular complexity index is 1880. The summed E-state index contributed by atoms with van der Waals surface area (Å²) in [5.41, 5.74) is 13.2. The molecule has 0 radical (unpaired) electrons. The topological polar surface area (TPSA) is 3.24 Å². The first-order valence-corrected chi connectivity index (χ1v) is 14.9. The van der Waals surface area contributed by atoms with Crippen molar-refractivity contribution in [2.45, 2.75) is 24.7 Å². The lowest BCUT2D eigenvalue weighted by Gasteiger charge is -2.46. The molecule has 2 aliphatic carbocycles. The van der Waals surface area contributed by atoms with Gasteiger partial charge in [-0.05, 0) is 93.0 Å². The fourth-order valence-electron chi connectivity index (χ4n) is 7.61. The SMILES string of the molecule is CC1(C)c2ccccc2C2(c3cc(Cl)ccc3-c3ccc(N(c4ccccc4)c4ccccc4)cc32)c2ccccc21. The molecule has 1 spiro atoms. The minimum absolute atomic E-state index is 0.141. The number of para-hydroxylation sites is 2. The average Bonchev–Trinajstić information content (AvgIpc) is 3.31. The van der Waals surface area contributed by atoms with E-state index in [1.54, 1.807) is 0 Å². The van der Waals surface area contributed by atoms with Crippen LogP contribution in [0.3, 0.4) is 0 Å². The highest BCUT2D eigenvalue weighted by molar-refractivity contribution is 6.30. The maximum absolute atomic E-state index is 6.81. The smallest absolute Gasteiger partial charge is 0.0720 e. The van der Waals surface area contributed by atoms with Gasteiger partial charge in [0.25, 0.3) is 0 Å². The maximum atomic E-state index is 6.81. The van der Waals surface area contributed by atoms with E-state index in [-0.39, 0.29) is 5.41 Å². The van der Waals surface area contributed by atoms with E-state index in [0.717, 1.165) is 22.1 Å². The third-order valence-electron chi connectivity index (χ3n) is 9.38. The van der Waals surface area contributed by atoms with E-state index >= 15 is 0 Å². The molecule has 6 aromatic carbocycles. The first-order chi connectivity index (χ1) is 20.5. The number of fused-ring (bicyclic) bond motifs is 9. The zero-order valence-corrected chi connectivity index (χ0v) is 24.4. The predicted octanol–water partition coefficient (Wildman–Crippen LogP) is 10.8. The monoisotopic (exact) mass is 559 g/mol. The highest BCUT2D eigenvalue weighted by atomic mass is 35.5.